The van der Waals surface area contributed by atoms with Crippen LogP contribution in [-0.2, 0) is 0 Å². The fourth-order valence-corrected chi connectivity index (χ4v) is 1.59. The number of rotatable bonds is 6. The zero-order chi connectivity index (χ0) is 12.7. The SMILES string of the molecule is CCNc1cc(N(CCC#N)C(C)C)ncn1. The van der Waals surface area contributed by atoms with E-state index in [-0.39, 0.29) is 0 Å². The molecule has 0 amide bonds. The molecule has 92 valence electrons. The van der Waals surface area contributed by atoms with Crippen LogP contribution in [0.4, 0.5) is 11.6 Å². The normalized spacial score (nSPS) is 10.1. The van der Waals surface area contributed by atoms with Crippen molar-refractivity contribution >= 4 is 11.6 Å². The maximum absolute atomic E-state index is 8.66. The average Bonchev–Trinajstić information content (AvgIpc) is 2.30. The maximum Gasteiger partial charge on any atom is 0.134 e. The minimum atomic E-state index is 0.313. The van der Waals surface area contributed by atoms with E-state index >= 15 is 0 Å². The Kier molecular flexibility index (Phi) is 5.21. The molecule has 0 fully saturated rings. The molecule has 0 aliphatic carbocycles. The molecule has 5 nitrogen and oxygen atoms in total. The number of nitrogens with zero attached hydrogens (tertiary/aromatic N) is 4. The van der Waals surface area contributed by atoms with Crippen LogP contribution in [0.25, 0.3) is 0 Å². The van der Waals surface area contributed by atoms with Gasteiger partial charge in [-0.05, 0) is 20.8 Å². The zero-order valence-corrected chi connectivity index (χ0v) is 10.6. The van der Waals surface area contributed by atoms with E-state index in [0.29, 0.717) is 19.0 Å². The highest BCUT2D eigenvalue weighted by atomic mass is 15.2. The van der Waals surface area contributed by atoms with Crippen molar-refractivity contribution in [2.24, 2.45) is 0 Å². The molecular formula is C12H19N5. The quantitative estimate of drug-likeness (QED) is 0.814. The third-order valence-electron chi connectivity index (χ3n) is 2.39. The summed E-state index contributed by atoms with van der Waals surface area (Å²) in [5.74, 6) is 1.68. The first-order chi connectivity index (χ1) is 8.19. The van der Waals surface area contributed by atoms with Gasteiger partial charge in [0, 0.05) is 25.2 Å². The van der Waals surface area contributed by atoms with Crippen LogP contribution in [-0.4, -0.2) is 29.1 Å². The van der Waals surface area contributed by atoms with Crippen molar-refractivity contribution in [2.75, 3.05) is 23.3 Å². The molecule has 17 heavy (non-hydrogen) atoms. The van der Waals surface area contributed by atoms with E-state index in [2.05, 4.69) is 40.1 Å². The molecule has 1 rings (SSSR count). The summed E-state index contributed by atoms with van der Waals surface area (Å²) in [6, 6.07) is 4.39. The van der Waals surface area contributed by atoms with E-state index in [0.717, 1.165) is 18.2 Å². The molecule has 0 aliphatic heterocycles. The van der Waals surface area contributed by atoms with E-state index in [4.69, 9.17) is 5.26 Å². The van der Waals surface area contributed by atoms with Gasteiger partial charge in [0.2, 0.25) is 0 Å². The van der Waals surface area contributed by atoms with Crippen molar-refractivity contribution in [1.29, 1.82) is 5.26 Å². The summed E-state index contributed by atoms with van der Waals surface area (Å²) in [5.41, 5.74) is 0. The van der Waals surface area contributed by atoms with Gasteiger partial charge in [-0.1, -0.05) is 0 Å². The van der Waals surface area contributed by atoms with Crippen LogP contribution in [0.5, 0.6) is 0 Å². The van der Waals surface area contributed by atoms with Gasteiger partial charge in [0.15, 0.2) is 0 Å². The van der Waals surface area contributed by atoms with Crippen molar-refractivity contribution < 1.29 is 0 Å². The predicted octanol–water partition coefficient (Wildman–Crippen LogP) is 2.04. The molecule has 0 radical (unpaired) electrons. The standard InChI is InChI=1S/C12H19N5/c1-4-14-11-8-12(16-9-15-11)17(10(2)3)7-5-6-13/h8-10H,4-5,7H2,1-3H3,(H,14,15,16). The van der Waals surface area contributed by atoms with Crippen LogP contribution < -0.4 is 10.2 Å². The molecule has 0 saturated heterocycles. The lowest BCUT2D eigenvalue weighted by Gasteiger charge is -2.27. The van der Waals surface area contributed by atoms with Gasteiger partial charge in [-0.15, -0.1) is 0 Å². The van der Waals surface area contributed by atoms with Crippen LogP contribution in [0.2, 0.25) is 0 Å². The molecule has 5 heteroatoms. The lowest BCUT2D eigenvalue weighted by molar-refractivity contribution is 0.676. The molecule has 0 unspecified atom stereocenters. The molecule has 0 aliphatic rings. The van der Waals surface area contributed by atoms with Crippen molar-refractivity contribution in [1.82, 2.24) is 9.97 Å². The molecule has 1 aromatic heterocycles. The molecule has 0 atom stereocenters. The monoisotopic (exact) mass is 233 g/mol. The second kappa shape index (κ2) is 6.69. The Hall–Kier alpha value is -1.83. The summed E-state index contributed by atoms with van der Waals surface area (Å²) in [7, 11) is 0. The number of hydrogen-bond donors (Lipinski definition) is 1. The van der Waals surface area contributed by atoms with Gasteiger partial charge in [-0.2, -0.15) is 5.26 Å². The van der Waals surface area contributed by atoms with Crippen molar-refractivity contribution in [3.05, 3.63) is 12.4 Å². The summed E-state index contributed by atoms with van der Waals surface area (Å²) >= 11 is 0. The van der Waals surface area contributed by atoms with E-state index in [1.54, 1.807) is 6.33 Å². The fraction of sp³-hybridized carbons (Fsp3) is 0.583. The number of aromatic nitrogens is 2. The molecule has 0 spiro atoms. The van der Waals surface area contributed by atoms with Crippen LogP contribution in [0.15, 0.2) is 12.4 Å². The number of hydrogen-bond acceptors (Lipinski definition) is 5. The Morgan fingerprint density at radius 2 is 2.24 bits per heavy atom. The Balaban J connectivity index is 2.86. The topological polar surface area (TPSA) is 64.8 Å². The van der Waals surface area contributed by atoms with Gasteiger partial charge in [0.05, 0.1) is 12.5 Å². The lowest BCUT2D eigenvalue weighted by atomic mass is 10.3. The lowest BCUT2D eigenvalue weighted by Crippen LogP contribution is -2.32. The second-order valence-electron chi connectivity index (χ2n) is 3.99. The summed E-state index contributed by atoms with van der Waals surface area (Å²) in [6.07, 6.45) is 2.05. The Labute approximate surface area is 102 Å². The van der Waals surface area contributed by atoms with Gasteiger partial charge >= 0.3 is 0 Å². The second-order valence-corrected chi connectivity index (χ2v) is 3.99. The molecule has 0 saturated carbocycles. The Morgan fingerprint density at radius 3 is 2.82 bits per heavy atom. The highest BCUT2D eigenvalue weighted by molar-refractivity contribution is 5.48. The third-order valence-corrected chi connectivity index (χ3v) is 2.39. The first-order valence-electron chi connectivity index (χ1n) is 5.88. The molecular weight excluding hydrogens is 214 g/mol. The van der Waals surface area contributed by atoms with Crippen LogP contribution >= 0.6 is 0 Å². The maximum atomic E-state index is 8.66. The summed E-state index contributed by atoms with van der Waals surface area (Å²) in [5, 5.41) is 11.8. The Morgan fingerprint density at radius 1 is 1.47 bits per heavy atom. The minimum absolute atomic E-state index is 0.313. The van der Waals surface area contributed by atoms with E-state index in [1.807, 2.05) is 13.0 Å². The molecule has 0 aromatic carbocycles. The molecule has 1 aromatic rings. The van der Waals surface area contributed by atoms with Gasteiger partial charge in [0.1, 0.15) is 18.0 Å². The fourth-order valence-electron chi connectivity index (χ4n) is 1.59. The highest BCUT2D eigenvalue weighted by Crippen LogP contribution is 2.16. The highest BCUT2D eigenvalue weighted by Gasteiger charge is 2.12. The van der Waals surface area contributed by atoms with Gasteiger partial charge in [-0.25, -0.2) is 9.97 Å². The third kappa shape index (κ3) is 3.91. The van der Waals surface area contributed by atoms with Crippen molar-refractivity contribution in [3.8, 4) is 6.07 Å². The zero-order valence-electron chi connectivity index (χ0n) is 10.6. The smallest absolute Gasteiger partial charge is 0.134 e. The number of nitriles is 1. The largest absolute Gasteiger partial charge is 0.370 e. The van der Waals surface area contributed by atoms with E-state index in [9.17, 15) is 0 Å². The first kappa shape index (κ1) is 13.2. The summed E-state index contributed by atoms with van der Waals surface area (Å²) < 4.78 is 0. The minimum Gasteiger partial charge on any atom is -0.370 e. The van der Waals surface area contributed by atoms with Crippen molar-refractivity contribution in [2.45, 2.75) is 33.2 Å². The summed E-state index contributed by atoms with van der Waals surface area (Å²) in [4.78, 5) is 10.5. The Bertz CT molecular complexity index is 383. The van der Waals surface area contributed by atoms with Crippen LogP contribution in [0, 0.1) is 11.3 Å². The van der Waals surface area contributed by atoms with Crippen LogP contribution in [0.3, 0.4) is 0 Å². The molecule has 1 heterocycles. The predicted molar refractivity (Wildman–Crippen MR) is 68.9 cm³/mol. The van der Waals surface area contributed by atoms with Gasteiger partial charge < -0.3 is 10.2 Å². The van der Waals surface area contributed by atoms with E-state index in [1.165, 1.54) is 0 Å². The van der Waals surface area contributed by atoms with E-state index < -0.39 is 0 Å². The van der Waals surface area contributed by atoms with Crippen molar-refractivity contribution in [3.63, 3.8) is 0 Å². The van der Waals surface area contributed by atoms with Crippen LogP contribution in [0.1, 0.15) is 27.2 Å². The number of anilines is 2. The van der Waals surface area contributed by atoms with Gasteiger partial charge in [0.25, 0.3) is 0 Å². The molecule has 1 N–H and O–H groups in total. The average molecular weight is 233 g/mol. The van der Waals surface area contributed by atoms with Gasteiger partial charge in [-0.3, -0.25) is 0 Å². The molecule has 0 bridgehead atoms. The summed E-state index contributed by atoms with van der Waals surface area (Å²) in [6.45, 7) is 7.73. The number of nitrogens with one attached hydrogen (secondary N) is 1. The first-order valence-corrected chi connectivity index (χ1v) is 5.88.